The Morgan fingerprint density at radius 1 is 0.963 bits per heavy atom. The first-order valence-corrected chi connectivity index (χ1v) is 8.03. The first kappa shape index (κ1) is 17.9. The Morgan fingerprint density at radius 2 is 1.63 bits per heavy atom. The molecule has 0 radical (unpaired) electrons. The quantitative estimate of drug-likeness (QED) is 0.508. The van der Waals surface area contributed by atoms with Gasteiger partial charge < -0.3 is 14.8 Å². The fraction of sp³-hybridized carbons (Fsp3) is 0.0500. The summed E-state index contributed by atoms with van der Waals surface area (Å²) in [4.78, 5) is 22.7. The average molecular weight is 364 g/mol. The molecule has 0 atom stereocenters. The van der Waals surface area contributed by atoms with Crippen LogP contribution in [0, 0.1) is 10.1 Å². The molecule has 0 aliphatic heterocycles. The molecule has 0 heterocycles. The number of nitro groups is 1. The molecule has 0 spiro atoms. The molecule has 0 aliphatic rings. The SMILES string of the molecule is COc1cc([N+](=O)[O-])ccc1NC(=O)c1ccc(Oc2ccccc2)cc1. The third kappa shape index (κ3) is 4.40. The number of non-ortho nitro benzene ring substituents is 1. The van der Waals surface area contributed by atoms with Crippen molar-refractivity contribution >= 4 is 17.3 Å². The molecule has 3 rings (SSSR count). The number of hydrogen-bond donors (Lipinski definition) is 1. The highest BCUT2D eigenvalue weighted by Gasteiger charge is 2.14. The molecule has 3 aromatic carbocycles. The molecule has 0 saturated carbocycles. The summed E-state index contributed by atoms with van der Waals surface area (Å²) in [6, 6.07) is 19.9. The minimum absolute atomic E-state index is 0.118. The molecule has 0 aromatic heterocycles. The van der Waals surface area contributed by atoms with E-state index in [4.69, 9.17) is 9.47 Å². The van der Waals surface area contributed by atoms with Crippen LogP contribution in [0.2, 0.25) is 0 Å². The Hall–Kier alpha value is -3.87. The third-order valence-electron chi connectivity index (χ3n) is 3.74. The van der Waals surface area contributed by atoms with E-state index in [9.17, 15) is 14.9 Å². The Labute approximate surface area is 155 Å². The van der Waals surface area contributed by atoms with Crippen molar-refractivity contribution in [3.63, 3.8) is 0 Å². The molecule has 1 amide bonds. The normalized spacial score (nSPS) is 10.1. The molecule has 27 heavy (non-hydrogen) atoms. The Kier molecular flexibility index (Phi) is 5.32. The molecule has 0 bridgehead atoms. The highest BCUT2D eigenvalue weighted by Crippen LogP contribution is 2.29. The highest BCUT2D eigenvalue weighted by atomic mass is 16.6. The van der Waals surface area contributed by atoms with E-state index in [0.717, 1.165) is 0 Å². The van der Waals surface area contributed by atoms with E-state index in [-0.39, 0.29) is 17.3 Å². The van der Waals surface area contributed by atoms with Gasteiger partial charge in [-0.2, -0.15) is 0 Å². The van der Waals surface area contributed by atoms with Gasteiger partial charge in [-0.3, -0.25) is 14.9 Å². The van der Waals surface area contributed by atoms with Crippen molar-refractivity contribution < 1.29 is 19.2 Å². The Morgan fingerprint density at radius 3 is 2.26 bits per heavy atom. The smallest absolute Gasteiger partial charge is 0.273 e. The maximum absolute atomic E-state index is 12.4. The molecule has 136 valence electrons. The maximum atomic E-state index is 12.4. The number of benzene rings is 3. The maximum Gasteiger partial charge on any atom is 0.273 e. The number of nitrogens with zero attached hydrogens (tertiary/aromatic N) is 1. The average Bonchev–Trinajstić information content (AvgIpc) is 2.69. The molecule has 7 heteroatoms. The van der Waals surface area contributed by atoms with Gasteiger partial charge in [-0.1, -0.05) is 18.2 Å². The van der Waals surface area contributed by atoms with Gasteiger partial charge in [0.1, 0.15) is 17.2 Å². The predicted octanol–water partition coefficient (Wildman–Crippen LogP) is 4.65. The van der Waals surface area contributed by atoms with Gasteiger partial charge in [0.2, 0.25) is 0 Å². The lowest BCUT2D eigenvalue weighted by atomic mass is 10.2. The van der Waals surface area contributed by atoms with E-state index in [1.54, 1.807) is 24.3 Å². The molecule has 0 fully saturated rings. The minimum atomic E-state index is -0.528. The van der Waals surface area contributed by atoms with E-state index in [0.29, 0.717) is 22.7 Å². The van der Waals surface area contributed by atoms with Crippen LogP contribution in [-0.4, -0.2) is 17.9 Å². The zero-order valence-electron chi connectivity index (χ0n) is 14.4. The first-order chi connectivity index (χ1) is 13.1. The monoisotopic (exact) mass is 364 g/mol. The van der Waals surface area contributed by atoms with Crippen LogP contribution in [0.15, 0.2) is 72.8 Å². The fourth-order valence-corrected chi connectivity index (χ4v) is 2.39. The lowest BCUT2D eigenvalue weighted by molar-refractivity contribution is -0.384. The molecule has 0 aliphatic carbocycles. The van der Waals surface area contributed by atoms with Crippen molar-refractivity contribution in [3.8, 4) is 17.2 Å². The summed E-state index contributed by atoms with van der Waals surface area (Å²) >= 11 is 0. The van der Waals surface area contributed by atoms with Gasteiger partial charge in [-0.05, 0) is 42.5 Å². The van der Waals surface area contributed by atoms with Gasteiger partial charge in [0, 0.05) is 11.6 Å². The number of carbonyl (C=O) groups excluding carboxylic acids is 1. The summed E-state index contributed by atoms with van der Waals surface area (Å²) in [5.41, 5.74) is 0.640. The lowest BCUT2D eigenvalue weighted by Crippen LogP contribution is -2.12. The van der Waals surface area contributed by atoms with Crippen LogP contribution in [0.1, 0.15) is 10.4 Å². The number of carbonyl (C=O) groups is 1. The van der Waals surface area contributed by atoms with Crippen LogP contribution < -0.4 is 14.8 Å². The standard InChI is InChI=1S/C20H16N2O5/c1-26-19-13-15(22(24)25)9-12-18(19)21-20(23)14-7-10-17(11-8-14)27-16-5-3-2-4-6-16/h2-13H,1H3,(H,21,23). The first-order valence-electron chi connectivity index (χ1n) is 8.03. The lowest BCUT2D eigenvalue weighted by Gasteiger charge is -2.10. The molecule has 0 unspecified atom stereocenters. The zero-order valence-corrected chi connectivity index (χ0v) is 14.4. The van der Waals surface area contributed by atoms with E-state index >= 15 is 0 Å². The van der Waals surface area contributed by atoms with E-state index < -0.39 is 4.92 Å². The van der Waals surface area contributed by atoms with Gasteiger partial charge in [-0.15, -0.1) is 0 Å². The van der Waals surface area contributed by atoms with Crippen molar-refractivity contribution in [2.75, 3.05) is 12.4 Å². The Bertz CT molecular complexity index is 956. The van der Waals surface area contributed by atoms with Crippen molar-refractivity contribution in [1.82, 2.24) is 0 Å². The third-order valence-corrected chi connectivity index (χ3v) is 3.74. The topological polar surface area (TPSA) is 90.7 Å². The number of hydrogen-bond acceptors (Lipinski definition) is 5. The van der Waals surface area contributed by atoms with Crippen LogP contribution in [0.25, 0.3) is 0 Å². The van der Waals surface area contributed by atoms with Gasteiger partial charge in [0.05, 0.1) is 23.8 Å². The van der Waals surface area contributed by atoms with E-state index in [2.05, 4.69) is 5.32 Å². The van der Waals surface area contributed by atoms with Gasteiger partial charge >= 0.3 is 0 Å². The fourth-order valence-electron chi connectivity index (χ4n) is 2.39. The summed E-state index contributed by atoms with van der Waals surface area (Å²) in [5, 5.41) is 13.5. The van der Waals surface area contributed by atoms with Crippen molar-refractivity contribution in [2.45, 2.75) is 0 Å². The number of anilines is 1. The van der Waals surface area contributed by atoms with E-state index in [1.807, 2.05) is 30.3 Å². The number of para-hydroxylation sites is 1. The molecular formula is C20H16N2O5. The summed E-state index contributed by atoms with van der Waals surface area (Å²) in [5.74, 6) is 1.14. The second-order valence-electron chi connectivity index (χ2n) is 5.54. The van der Waals surface area contributed by atoms with Crippen LogP contribution in [0.4, 0.5) is 11.4 Å². The van der Waals surface area contributed by atoms with Gasteiger partial charge in [0.15, 0.2) is 0 Å². The van der Waals surface area contributed by atoms with Crippen LogP contribution in [0.3, 0.4) is 0 Å². The summed E-state index contributed by atoms with van der Waals surface area (Å²) < 4.78 is 10.8. The van der Waals surface area contributed by atoms with Crippen LogP contribution >= 0.6 is 0 Å². The van der Waals surface area contributed by atoms with Crippen LogP contribution in [-0.2, 0) is 0 Å². The second-order valence-corrected chi connectivity index (χ2v) is 5.54. The van der Waals surface area contributed by atoms with Gasteiger partial charge in [-0.25, -0.2) is 0 Å². The summed E-state index contributed by atoms with van der Waals surface area (Å²) in [6.07, 6.45) is 0. The second kappa shape index (κ2) is 8.01. The zero-order chi connectivity index (χ0) is 19.2. The molecule has 7 nitrogen and oxygen atoms in total. The summed E-state index contributed by atoms with van der Waals surface area (Å²) in [7, 11) is 1.38. The van der Waals surface area contributed by atoms with Crippen molar-refractivity contribution in [1.29, 1.82) is 0 Å². The number of nitrogens with one attached hydrogen (secondary N) is 1. The number of methoxy groups -OCH3 is 1. The Balaban J connectivity index is 1.72. The van der Waals surface area contributed by atoms with Crippen molar-refractivity contribution in [3.05, 3.63) is 88.5 Å². The van der Waals surface area contributed by atoms with E-state index in [1.165, 1.54) is 25.3 Å². The minimum Gasteiger partial charge on any atom is -0.494 e. The van der Waals surface area contributed by atoms with Crippen molar-refractivity contribution in [2.24, 2.45) is 0 Å². The molecular weight excluding hydrogens is 348 g/mol. The summed E-state index contributed by atoms with van der Waals surface area (Å²) in [6.45, 7) is 0. The number of amides is 1. The number of rotatable bonds is 6. The predicted molar refractivity (Wildman–Crippen MR) is 101 cm³/mol. The molecule has 0 saturated heterocycles. The highest BCUT2D eigenvalue weighted by molar-refractivity contribution is 6.05. The largest absolute Gasteiger partial charge is 0.494 e. The number of ether oxygens (including phenoxy) is 2. The molecule has 3 aromatic rings. The van der Waals surface area contributed by atoms with Gasteiger partial charge in [0.25, 0.3) is 11.6 Å². The number of nitro benzene ring substituents is 1. The van der Waals surface area contributed by atoms with Crippen LogP contribution in [0.5, 0.6) is 17.2 Å². The molecule has 1 N–H and O–H groups in total.